The summed E-state index contributed by atoms with van der Waals surface area (Å²) in [5, 5.41) is 1.38. The smallest absolute Gasteiger partial charge is 0.191 e. The summed E-state index contributed by atoms with van der Waals surface area (Å²) in [7, 11) is -0.0191. The van der Waals surface area contributed by atoms with E-state index in [9.17, 15) is 0 Å². The van der Waals surface area contributed by atoms with Gasteiger partial charge in [0, 0.05) is 48.2 Å². The van der Waals surface area contributed by atoms with Crippen LogP contribution in [-0.4, -0.2) is 41.6 Å². The van der Waals surface area contributed by atoms with Gasteiger partial charge >= 0.3 is 0 Å². The van der Waals surface area contributed by atoms with Crippen molar-refractivity contribution in [1.29, 1.82) is 0 Å². The molecule has 0 aliphatic heterocycles. The first kappa shape index (κ1) is 21.6. The Morgan fingerprint density at radius 1 is 1.10 bits per heavy atom. The third kappa shape index (κ3) is 4.25. The third-order valence-electron chi connectivity index (χ3n) is 6.45. The van der Waals surface area contributed by atoms with Crippen LogP contribution in [0.4, 0.5) is 0 Å². The lowest BCUT2D eigenvalue weighted by atomic mass is 10.1. The predicted molar refractivity (Wildman–Crippen MR) is 129 cm³/mol. The zero-order valence-corrected chi connectivity index (χ0v) is 20.3. The largest absolute Gasteiger partial charge is 0.497 e. The first-order valence-corrected chi connectivity index (χ1v) is 13.7. The highest BCUT2D eigenvalue weighted by Crippen LogP contribution is 2.37. The average molecular weight is 437 g/mol. The molecule has 0 spiro atoms. The van der Waals surface area contributed by atoms with Crippen molar-refractivity contribution in [3.63, 3.8) is 0 Å². The van der Waals surface area contributed by atoms with Crippen molar-refractivity contribution in [2.75, 3.05) is 13.7 Å². The topological polar surface area (TPSA) is 65.0 Å². The van der Waals surface area contributed by atoms with E-state index in [0.29, 0.717) is 0 Å². The first-order chi connectivity index (χ1) is 14.7. The second kappa shape index (κ2) is 8.13. The van der Waals surface area contributed by atoms with Gasteiger partial charge < -0.3 is 18.7 Å². The molecule has 7 heteroatoms. The molecule has 0 saturated heterocycles. The number of aromatic nitrogens is 4. The maximum Gasteiger partial charge on any atom is 0.191 e. The van der Waals surface area contributed by atoms with E-state index in [1.165, 1.54) is 5.52 Å². The lowest BCUT2D eigenvalue weighted by Gasteiger charge is -2.36. The zero-order chi connectivity index (χ0) is 22.2. The van der Waals surface area contributed by atoms with E-state index in [2.05, 4.69) is 77.8 Å². The molecule has 4 aromatic rings. The third-order valence-corrected chi connectivity index (χ3v) is 11.0. The average Bonchev–Trinajstić information content (AvgIpc) is 3.31. The molecule has 0 saturated carbocycles. The highest BCUT2D eigenvalue weighted by molar-refractivity contribution is 6.74. The zero-order valence-electron chi connectivity index (χ0n) is 19.3. The van der Waals surface area contributed by atoms with Crippen LogP contribution in [0.15, 0.2) is 42.9 Å². The van der Waals surface area contributed by atoms with E-state index in [0.717, 1.165) is 53.1 Å². The second-order valence-corrected chi connectivity index (χ2v) is 14.4. The summed E-state index contributed by atoms with van der Waals surface area (Å²) in [5.41, 5.74) is 4.98. The fourth-order valence-electron chi connectivity index (χ4n) is 3.58. The molecule has 0 bridgehead atoms. The summed E-state index contributed by atoms with van der Waals surface area (Å²) in [4.78, 5) is 12.2. The highest BCUT2D eigenvalue weighted by atomic mass is 28.4. The van der Waals surface area contributed by atoms with Gasteiger partial charge in [-0.3, -0.25) is 4.98 Å². The van der Waals surface area contributed by atoms with Crippen LogP contribution in [0.1, 0.15) is 27.2 Å². The number of H-pyrrole nitrogens is 1. The van der Waals surface area contributed by atoms with Crippen molar-refractivity contribution >= 4 is 30.4 Å². The molecular formula is C24H32N4O2Si. The maximum atomic E-state index is 6.38. The molecule has 0 unspecified atom stereocenters. The molecule has 3 heterocycles. The van der Waals surface area contributed by atoms with Crippen molar-refractivity contribution in [2.24, 2.45) is 0 Å². The Labute approximate surface area is 184 Å². The Morgan fingerprint density at radius 2 is 1.87 bits per heavy atom. The molecule has 1 aromatic carbocycles. The number of hydrogen-bond donors (Lipinski definition) is 1. The number of benzene rings is 1. The molecule has 0 fully saturated rings. The molecule has 0 aliphatic carbocycles. The number of hydrogen-bond acceptors (Lipinski definition) is 4. The number of nitrogens with zero attached hydrogens (tertiary/aromatic N) is 3. The van der Waals surface area contributed by atoms with Crippen molar-refractivity contribution in [2.45, 2.75) is 51.9 Å². The van der Waals surface area contributed by atoms with Crippen molar-refractivity contribution < 1.29 is 9.16 Å². The van der Waals surface area contributed by atoms with Gasteiger partial charge in [0.2, 0.25) is 0 Å². The minimum absolute atomic E-state index is 0.231. The van der Waals surface area contributed by atoms with Crippen LogP contribution in [0.2, 0.25) is 18.1 Å². The number of nitrogens with one attached hydrogen (secondary N) is 1. The molecule has 0 atom stereocenters. The van der Waals surface area contributed by atoms with Gasteiger partial charge in [-0.1, -0.05) is 20.8 Å². The first-order valence-electron chi connectivity index (χ1n) is 10.8. The number of ether oxygens (including phenoxy) is 1. The monoisotopic (exact) mass is 436 g/mol. The Balaban J connectivity index is 1.62. The summed E-state index contributed by atoms with van der Waals surface area (Å²) in [5.74, 6) is 0.847. The van der Waals surface area contributed by atoms with E-state index in [1.54, 1.807) is 19.5 Å². The number of aryl methyl sites for hydroxylation is 1. The van der Waals surface area contributed by atoms with Gasteiger partial charge in [0.1, 0.15) is 11.3 Å². The van der Waals surface area contributed by atoms with Gasteiger partial charge in [-0.25, -0.2) is 4.98 Å². The molecule has 31 heavy (non-hydrogen) atoms. The molecule has 164 valence electrons. The van der Waals surface area contributed by atoms with Gasteiger partial charge in [0.15, 0.2) is 14.0 Å². The molecule has 3 aromatic heterocycles. The normalized spacial score (nSPS) is 12.7. The summed E-state index contributed by atoms with van der Waals surface area (Å²) < 4.78 is 14.2. The molecule has 0 amide bonds. The fourth-order valence-corrected chi connectivity index (χ4v) is 4.67. The number of fused-ring (bicyclic) bond motifs is 2. The van der Waals surface area contributed by atoms with Gasteiger partial charge in [-0.2, -0.15) is 0 Å². The number of methoxy groups -OCH3 is 1. The van der Waals surface area contributed by atoms with Crippen molar-refractivity contribution in [1.82, 2.24) is 19.5 Å². The summed E-state index contributed by atoms with van der Waals surface area (Å²) >= 11 is 0. The fraction of sp³-hybridized carbons (Fsp3) is 0.417. The SMILES string of the molecule is COc1ccc2c(c1)c(-c1cc3nccnc3[nH]1)cn2CCCO[Si](C)(C)C(C)(C)C. The van der Waals surface area contributed by atoms with Gasteiger partial charge in [-0.15, -0.1) is 0 Å². The maximum absolute atomic E-state index is 6.38. The molecule has 1 N–H and O–H groups in total. The Bertz CT molecular complexity index is 1170. The van der Waals surface area contributed by atoms with Crippen LogP contribution in [0.5, 0.6) is 5.75 Å². The molecule has 0 radical (unpaired) electrons. The lowest BCUT2D eigenvalue weighted by Crippen LogP contribution is -2.41. The van der Waals surface area contributed by atoms with E-state index < -0.39 is 8.32 Å². The van der Waals surface area contributed by atoms with Gasteiger partial charge in [0.05, 0.1) is 12.8 Å². The highest BCUT2D eigenvalue weighted by Gasteiger charge is 2.36. The minimum Gasteiger partial charge on any atom is -0.497 e. The second-order valence-electron chi connectivity index (χ2n) is 9.55. The van der Waals surface area contributed by atoms with Crippen LogP contribution in [0.3, 0.4) is 0 Å². The summed E-state index contributed by atoms with van der Waals surface area (Å²) in [6.07, 6.45) is 6.60. The van der Waals surface area contributed by atoms with Crippen LogP contribution < -0.4 is 4.74 Å². The molecule has 4 rings (SSSR count). The van der Waals surface area contributed by atoms with Crippen LogP contribution in [0, 0.1) is 0 Å². The summed E-state index contributed by atoms with van der Waals surface area (Å²) in [6.45, 7) is 13.1. The number of aromatic amines is 1. The quantitative estimate of drug-likeness (QED) is 0.285. The minimum atomic E-state index is -1.72. The van der Waals surface area contributed by atoms with E-state index in [1.807, 2.05) is 6.07 Å². The Kier molecular flexibility index (Phi) is 5.66. The molecular weight excluding hydrogens is 404 g/mol. The number of rotatable bonds is 7. The van der Waals surface area contributed by atoms with Crippen molar-refractivity contribution in [3.8, 4) is 17.0 Å². The summed E-state index contributed by atoms with van der Waals surface area (Å²) in [6, 6.07) is 8.30. The van der Waals surface area contributed by atoms with E-state index in [-0.39, 0.29) is 5.04 Å². The van der Waals surface area contributed by atoms with Gasteiger partial charge in [0.25, 0.3) is 0 Å². The van der Waals surface area contributed by atoms with E-state index in [4.69, 9.17) is 9.16 Å². The molecule has 0 aliphatic rings. The Hall–Kier alpha value is -2.64. The van der Waals surface area contributed by atoms with Crippen LogP contribution in [-0.2, 0) is 11.0 Å². The van der Waals surface area contributed by atoms with Crippen LogP contribution >= 0.6 is 0 Å². The van der Waals surface area contributed by atoms with Crippen LogP contribution in [0.25, 0.3) is 33.3 Å². The molecule has 6 nitrogen and oxygen atoms in total. The van der Waals surface area contributed by atoms with Gasteiger partial charge in [-0.05, 0) is 48.8 Å². The van der Waals surface area contributed by atoms with E-state index >= 15 is 0 Å². The predicted octanol–water partition coefficient (Wildman–Crippen LogP) is 6.00. The standard InChI is InChI=1S/C24H32N4O2Si/c1-24(2,3)31(5,6)30-13-7-12-28-16-19(18-14-17(29-4)8-9-22(18)28)20-15-21-23(27-20)26-11-10-25-21/h8-11,14-16H,7,12-13H2,1-6H3,(H,26,27). The lowest BCUT2D eigenvalue weighted by molar-refractivity contribution is 0.276. The Morgan fingerprint density at radius 3 is 2.58 bits per heavy atom. The van der Waals surface area contributed by atoms with Crippen molar-refractivity contribution in [3.05, 3.63) is 42.9 Å².